The lowest BCUT2D eigenvalue weighted by atomic mass is 10.1. The summed E-state index contributed by atoms with van der Waals surface area (Å²) >= 11 is 0. The summed E-state index contributed by atoms with van der Waals surface area (Å²) in [6, 6.07) is 3.84. The molecule has 0 unspecified atom stereocenters. The maximum atomic E-state index is 13.1. The number of nitrogens with two attached hydrogens (primary N) is 1. The SMILES string of the molecule is COc1c(F)cccc1[C@H](N)CO. The number of ether oxygens (including phenoxy) is 1. The molecule has 0 radical (unpaired) electrons. The van der Waals surface area contributed by atoms with Gasteiger partial charge in [0.05, 0.1) is 19.8 Å². The van der Waals surface area contributed by atoms with E-state index in [1.165, 1.54) is 19.2 Å². The summed E-state index contributed by atoms with van der Waals surface area (Å²) in [5.41, 5.74) is 6.02. The zero-order valence-corrected chi connectivity index (χ0v) is 7.33. The van der Waals surface area contributed by atoms with Crippen molar-refractivity contribution >= 4 is 0 Å². The van der Waals surface area contributed by atoms with Crippen LogP contribution in [0.25, 0.3) is 0 Å². The molecule has 72 valence electrons. The molecule has 0 bridgehead atoms. The number of aliphatic hydroxyl groups is 1. The molecule has 0 aliphatic rings. The first kappa shape index (κ1) is 9.95. The van der Waals surface area contributed by atoms with Crippen molar-refractivity contribution in [2.45, 2.75) is 6.04 Å². The summed E-state index contributed by atoms with van der Waals surface area (Å²) in [6.07, 6.45) is 0. The number of benzene rings is 1. The molecule has 3 N–H and O–H groups in total. The van der Waals surface area contributed by atoms with E-state index in [-0.39, 0.29) is 12.4 Å². The number of rotatable bonds is 3. The summed E-state index contributed by atoms with van der Waals surface area (Å²) in [5.74, 6) is -0.368. The molecule has 0 spiro atoms. The van der Waals surface area contributed by atoms with E-state index in [0.29, 0.717) is 5.56 Å². The van der Waals surface area contributed by atoms with Crippen LogP contribution in [0.5, 0.6) is 5.75 Å². The van der Waals surface area contributed by atoms with Crippen LogP contribution in [-0.4, -0.2) is 18.8 Å². The van der Waals surface area contributed by atoms with Gasteiger partial charge in [0.1, 0.15) is 0 Å². The van der Waals surface area contributed by atoms with Crippen LogP contribution in [0, 0.1) is 5.82 Å². The number of methoxy groups -OCH3 is 1. The Hall–Kier alpha value is -1.13. The first-order valence-corrected chi connectivity index (χ1v) is 3.89. The molecule has 4 heteroatoms. The normalized spacial score (nSPS) is 12.6. The number of halogens is 1. The van der Waals surface area contributed by atoms with Gasteiger partial charge in [0.15, 0.2) is 11.6 Å². The molecule has 1 aromatic rings. The second-order valence-corrected chi connectivity index (χ2v) is 2.65. The predicted molar refractivity (Wildman–Crippen MR) is 47.0 cm³/mol. The van der Waals surface area contributed by atoms with Gasteiger partial charge in [0.25, 0.3) is 0 Å². The van der Waals surface area contributed by atoms with E-state index in [4.69, 9.17) is 15.6 Å². The lowest BCUT2D eigenvalue weighted by Gasteiger charge is -2.13. The third-order valence-corrected chi connectivity index (χ3v) is 1.80. The summed E-state index contributed by atoms with van der Waals surface area (Å²) in [5, 5.41) is 8.80. The third-order valence-electron chi connectivity index (χ3n) is 1.80. The topological polar surface area (TPSA) is 55.5 Å². The van der Waals surface area contributed by atoms with Crippen LogP contribution in [-0.2, 0) is 0 Å². The van der Waals surface area contributed by atoms with Gasteiger partial charge in [-0.1, -0.05) is 12.1 Å². The molecule has 1 atom stereocenters. The van der Waals surface area contributed by atoms with E-state index in [0.717, 1.165) is 0 Å². The second kappa shape index (κ2) is 4.20. The van der Waals surface area contributed by atoms with E-state index >= 15 is 0 Å². The van der Waals surface area contributed by atoms with Crippen molar-refractivity contribution in [3.63, 3.8) is 0 Å². The van der Waals surface area contributed by atoms with Crippen molar-refractivity contribution in [2.75, 3.05) is 13.7 Å². The minimum Gasteiger partial charge on any atom is -0.493 e. The minimum absolute atomic E-state index is 0.101. The fourth-order valence-corrected chi connectivity index (χ4v) is 1.13. The van der Waals surface area contributed by atoms with Crippen molar-refractivity contribution in [2.24, 2.45) is 5.73 Å². The van der Waals surface area contributed by atoms with Crippen LogP contribution >= 0.6 is 0 Å². The average Bonchev–Trinajstić information content (AvgIpc) is 2.16. The van der Waals surface area contributed by atoms with E-state index < -0.39 is 11.9 Å². The zero-order valence-electron chi connectivity index (χ0n) is 7.33. The lowest BCUT2D eigenvalue weighted by molar-refractivity contribution is 0.263. The van der Waals surface area contributed by atoms with Gasteiger partial charge in [-0.05, 0) is 6.07 Å². The van der Waals surface area contributed by atoms with Gasteiger partial charge in [-0.3, -0.25) is 0 Å². The summed E-state index contributed by atoms with van der Waals surface area (Å²) in [6.45, 7) is -0.236. The average molecular weight is 185 g/mol. The van der Waals surface area contributed by atoms with Gasteiger partial charge in [-0.25, -0.2) is 4.39 Å². The molecule has 3 nitrogen and oxygen atoms in total. The van der Waals surface area contributed by atoms with Crippen LogP contribution in [0.2, 0.25) is 0 Å². The molecular formula is C9H12FNO2. The van der Waals surface area contributed by atoms with Crippen LogP contribution < -0.4 is 10.5 Å². The van der Waals surface area contributed by atoms with E-state index in [9.17, 15) is 4.39 Å². The fraction of sp³-hybridized carbons (Fsp3) is 0.333. The Balaban J connectivity index is 3.12. The Morgan fingerprint density at radius 3 is 2.85 bits per heavy atom. The van der Waals surface area contributed by atoms with Crippen LogP contribution in [0.3, 0.4) is 0 Å². The maximum Gasteiger partial charge on any atom is 0.165 e. The van der Waals surface area contributed by atoms with Crippen LogP contribution in [0.15, 0.2) is 18.2 Å². The molecule has 13 heavy (non-hydrogen) atoms. The van der Waals surface area contributed by atoms with Crippen molar-refractivity contribution in [1.82, 2.24) is 0 Å². The molecule has 0 aliphatic heterocycles. The highest BCUT2D eigenvalue weighted by Gasteiger charge is 2.13. The lowest BCUT2D eigenvalue weighted by Crippen LogP contribution is -2.15. The Morgan fingerprint density at radius 2 is 2.31 bits per heavy atom. The van der Waals surface area contributed by atoms with Gasteiger partial charge in [-0.2, -0.15) is 0 Å². The molecular weight excluding hydrogens is 173 g/mol. The van der Waals surface area contributed by atoms with E-state index in [1.807, 2.05) is 0 Å². The zero-order chi connectivity index (χ0) is 9.84. The van der Waals surface area contributed by atoms with Gasteiger partial charge in [0, 0.05) is 5.56 Å². The second-order valence-electron chi connectivity index (χ2n) is 2.65. The van der Waals surface area contributed by atoms with Crippen molar-refractivity contribution < 1.29 is 14.2 Å². The number of para-hydroxylation sites is 1. The molecule has 0 saturated carbocycles. The fourth-order valence-electron chi connectivity index (χ4n) is 1.13. The standard InChI is InChI=1S/C9H12FNO2/c1-13-9-6(8(11)5-12)3-2-4-7(9)10/h2-4,8,12H,5,11H2,1H3/t8-/m1/s1. The van der Waals surface area contributed by atoms with Crippen molar-refractivity contribution in [1.29, 1.82) is 0 Å². The number of aliphatic hydroxyl groups excluding tert-OH is 1. The molecule has 0 saturated heterocycles. The first-order chi connectivity index (χ1) is 6.20. The smallest absolute Gasteiger partial charge is 0.165 e. The van der Waals surface area contributed by atoms with Crippen LogP contribution in [0.1, 0.15) is 11.6 Å². The number of hydrogen-bond acceptors (Lipinski definition) is 3. The largest absolute Gasteiger partial charge is 0.493 e. The van der Waals surface area contributed by atoms with Crippen molar-refractivity contribution in [3.8, 4) is 5.75 Å². The molecule has 0 heterocycles. The highest BCUT2D eigenvalue weighted by Crippen LogP contribution is 2.26. The Kier molecular flexibility index (Phi) is 3.22. The first-order valence-electron chi connectivity index (χ1n) is 3.89. The molecule has 0 aliphatic carbocycles. The summed E-state index contributed by atoms with van der Waals surface area (Å²) in [7, 11) is 1.37. The Bertz CT molecular complexity index is 291. The van der Waals surface area contributed by atoms with Crippen LogP contribution in [0.4, 0.5) is 4.39 Å². The third kappa shape index (κ3) is 1.96. The molecule has 0 fully saturated rings. The minimum atomic E-state index is -0.606. The highest BCUT2D eigenvalue weighted by atomic mass is 19.1. The predicted octanol–water partition coefficient (Wildman–Crippen LogP) is 0.826. The highest BCUT2D eigenvalue weighted by molar-refractivity contribution is 5.37. The molecule has 1 rings (SSSR count). The monoisotopic (exact) mass is 185 g/mol. The number of hydrogen-bond donors (Lipinski definition) is 2. The molecule has 0 amide bonds. The Labute approximate surface area is 75.9 Å². The van der Waals surface area contributed by atoms with Crippen molar-refractivity contribution in [3.05, 3.63) is 29.6 Å². The molecule has 0 aromatic heterocycles. The maximum absolute atomic E-state index is 13.1. The van der Waals surface area contributed by atoms with Gasteiger partial charge < -0.3 is 15.6 Å². The summed E-state index contributed by atoms with van der Waals surface area (Å²) in [4.78, 5) is 0. The van der Waals surface area contributed by atoms with E-state index in [1.54, 1.807) is 6.07 Å². The quantitative estimate of drug-likeness (QED) is 0.733. The Morgan fingerprint density at radius 1 is 1.62 bits per heavy atom. The molecule has 1 aromatic carbocycles. The van der Waals surface area contributed by atoms with Gasteiger partial charge >= 0.3 is 0 Å². The van der Waals surface area contributed by atoms with E-state index in [2.05, 4.69) is 0 Å². The van der Waals surface area contributed by atoms with Gasteiger partial charge in [0.2, 0.25) is 0 Å². The van der Waals surface area contributed by atoms with Gasteiger partial charge in [-0.15, -0.1) is 0 Å². The summed E-state index contributed by atoms with van der Waals surface area (Å²) < 4.78 is 17.9.